The van der Waals surface area contributed by atoms with Crippen LogP contribution in [-0.2, 0) is 37.4 Å². The summed E-state index contributed by atoms with van der Waals surface area (Å²) in [4.78, 5) is 83.4. The van der Waals surface area contributed by atoms with Gasteiger partial charge in [0, 0.05) is 23.7 Å². The van der Waals surface area contributed by atoms with Crippen LogP contribution in [0.1, 0.15) is 387 Å². The number of fused-ring (bicyclic) bond motifs is 1. The summed E-state index contributed by atoms with van der Waals surface area (Å²) in [5.41, 5.74) is -1.07. The monoisotopic (exact) mass is 1700 g/mol. The van der Waals surface area contributed by atoms with E-state index in [1.54, 1.807) is 42.5 Å². The molecule has 0 aliphatic carbocycles. The van der Waals surface area contributed by atoms with Gasteiger partial charge in [0.2, 0.25) is 11.5 Å². The molecule has 5 N–H and O–H groups in total. The van der Waals surface area contributed by atoms with Crippen LogP contribution < -0.4 is 30.8 Å². The molecule has 1 unspecified atom stereocenters. The maximum Gasteiger partial charge on any atom is 0.365 e. The molecule has 672 valence electrons. The van der Waals surface area contributed by atoms with E-state index in [-0.39, 0.29) is 34.5 Å². The minimum absolute atomic E-state index is 0.00554. The van der Waals surface area contributed by atoms with Crippen molar-refractivity contribution in [2.45, 2.75) is 391 Å². The predicted octanol–water partition coefficient (Wildman–Crippen LogP) is 21.3. The molecule has 7 rings (SSSR count). The fourth-order valence-electron chi connectivity index (χ4n) is 15.9. The maximum atomic E-state index is 15.5. The number of amides is 1. The van der Waals surface area contributed by atoms with E-state index in [9.17, 15) is 44.6 Å². The van der Waals surface area contributed by atoms with E-state index < -0.39 is 112 Å². The number of unbranched alkanes of at least 4 members (excludes halogenated alkanes) is 45. The zero-order chi connectivity index (χ0) is 85.7. The molecular weight excluding hydrogens is 1550 g/mol. The lowest BCUT2D eigenvalue weighted by Gasteiger charge is -2.35. The van der Waals surface area contributed by atoms with Gasteiger partial charge in [0.15, 0.2) is 40.4 Å². The number of rotatable bonds is 70. The number of imidazole rings is 1. The Morgan fingerprint density at radius 1 is 0.567 bits per heavy atom. The molecule has 2 aromatic carbocycles. The lowest BCUT2D eigenvalue weighted by Crippen LogP contribution is -2.47. The topological polar surface area (TPSA) is 346 Å². The van der Waals surface area contributed by atoms with Gasteiger partial charge in [0.1, 0.15) is 31.0 Å². The Hall–Kier alpha value is -7.08. The van der Waals surface area contributed by atoms with Crippen LogP contribution in [0.25, 0.3) is 11.2 Å². The van der Waals surface area contributed by atoms with E-state index in [4.69, 9.17) is 42.2 Å². The van der Waals surface area contributed by atoms with Gasteiger partial charge in [-0.05, 0) is 50.5 Å². The first kappa shape index (κ1) is 100. The number of esters is 2. The normalized spacial score (nSPS) is 18.2. The average molecular weight is 1700 g/mol. The summed E-state index contributed by atoms with van der Waals surface area (Å²) >= 11 is 0. The number of anilines is 1. The molecule has 3 aromatic heterocycles. The van der Waals surface area contributed by atoms with E-state index in [1.807, 2.05) is 6.07 Å². The molecule has 27 heteroatoms. The Kier molecular flexibility index (Phi) is 48.4. The van der Waals surface area contributed by atoms with Crippen LogP contribution in [-0.4, -0.2) is 132 Å². The summed E-state index contributed by atoms with van der Waals surface area (Å²) < 4.78 is 73.5. The highest BCUT2D eigenvalue weighted by atomic mass is 31.2. The number of carbonyl (C=O) groups is 3. The molecule has 7 atom stereocenters. The fourth-order valence-corrected chi connectivity index (χ4v) is 17.9. The van der Waals surface area contributed by atoms with Crippen molar-refractivity contribution in [3.8, 4) is 23.3 Å². The summed E-state index contributed by atoms with van der Waals surface area (Å²) in [6.45, 7) is 5.58. The number of nitriles is 1. The van der Waals surface area contributed by atoms with Gasteiger partial charge in [-0.2, -0.15) is 5.26 Å². The minimum Gasteiger partial charge on any atom is -0.490 e. The van der Waals surface area contributed by atoms with Gasteiger partial charge >= 0.3 is 25.2 Å². The molecule has 26 nitrogen and oxygen atoms in total. The molecular formula is C93H147N8O18P. The van der Waals surface area contributed by atoms with Gasteiger partial charge in [-0.15, -0.1) is 0 Å². The SMILES string of the molecule is CCCCCCCCCCCCCCCCCCOc1cc(C(=O)OCC(=O)O[C@]2(O)C[C@H](n3cnc4c(NC(=O)c5ccccc5)ncnc43)O[C@@H]2COP(=O)(OCCC#N)[C@]2(O)C[C@H](n3cc(C)c(=O)[nH]c3=O)O[C@@H]2CO)cc(OCCCCCCCCCCCCCCCCCC)c1OCCCCCCCCCCCCCCCCCC. The minimum atomic E-state index is -5.20. The number of benzene rings is 2. The summed E-state index contributed by atoms with van der Waals surface area (Å²) in [5.74, 6) is -4.52. The highest BCUT2D eigenvalue weighted by Crippen LogP contribution is 2.66. The Balaban J connectivity index is 1.08. The van der Waals surface area contributed by atoms with Crippen LogP contribution in [0, 0.1) is 18.3 Å². The summed E-state index contributed by atoms with van der Waals surface area (Å²) in [6.07, 6.45) is 54.3. The number of H-pyrrole nitrogens is 1. The largest absolute Gasteiger partial charge is 0.490 e. The van der Waals surface area contributed by atoms with E-state index in [2.05, 4.69) is 46.0 Å². The van der Waals surface area contributed by atoms with Crippen LogP contribution in [0.3, 0.4) is 0 Å². The van der Waals surface area contributed by atoms with Gasteiger partial charge in [-0.3, -0.25) is 28.3 Å². The molecule has 0 saturated carbocycles. The number of aromatic amines is 1. The van der Waals surface area contributed by atoms with E-state index in [0.717, 1.165) is 87.8 Å². The quantitative estimate of drug-likeness (QED) is 0.0104. The standard InChI is InChI=1S/C93H147N8O18P/c1-5-8-11-14-17-20-23-26-29-32-35-38-41-44-47-53-60-111-77-64-76(65-78(112-61-54-48-45-42-39-36-33-30-27-24-21-18-15-12-9-6-2)85(77)113-62-55-49-46-43-40-37-34-31-28-25-22-19-16-13-10-7-3)90(106)114-71-83(103)119-92(108)66-81(101-73-97-84-86(95-72-96-87(84)101)98-89(105)75-57-51-50-52-58-75)118-80(92)70-116-120(110,115-63-56-59-94)93(109)67-82(117-79(93)69-102)100-68-74(4)88(104)99-91(100)107/h50-52,57-58,64-65,68,72-73,79-82,102,108-109H,5-49,53-56,60-63,66-67,69-71H2,1-4H3,(H,99,104,107)(H,95,96,98,105)/t79-,80-,81-,82-,92-,93-,120?/m1/s1. The Bertz CT molecular complexity index is 3850. The number of hydrogen-bond acceptors (Lipinski definition) is 22. The summed E-state index contributed by atoms with van der Waals surface area (Å²) in [6, 6.07) is 13.4. The molecule has 5 aromatic rings. The second-order valence-corrected chi connectivity index (χ2v) is 35.4. The third kappa shape index (κ3) is 34.9. The first-order valence-electron chi connectivity index (χ1n) is 46.5. The zero-order valence-corrected chi connectivity index (χ0v) is 74.1. The molecule has 5 heterocycles. The molecule has 2 fully saturated rings. The predicted molar refractivity (Wildman–Crippen MR) is 467 cm³/mol. The second-order valence-electron chi connectivity index (χ2n) is 33.2. The smallest absolute Gasteiger partial charge is 0.365 e. The van der Waals surface area contributed by atoms with Crippen molar-refractivity contribution in [2.75, 3.05) is 51.6 Å². The lowest BCUT2D eigenvalue weighted by molar-refractivity contribution is -0.232. The second kappa shape index (κ2) is 58.1. The molecule has 120 heavy (non-hydrogen) atoms. The van der Waals surface area contributed by atoms with Crippen LogP contribution in [0.4, 0.5) is 5.82 Å². The molecule has 1 amide bonds. The molecule has 0 bridgehead atoms. The number of nitrogens with zero attached hydrogens (tertiary/aromatic N) is 6. The van der Waals surface area contributed by atoms with Gasteiger partial charge in [-0.25, -0.2) is 29.3 Å². The maximum absolute atomic E-state index is 15.5. The zero-order valence-electron chi connectivity index (χ0n) is 73.2. The van der Waals surface area contributed by atoms with Crippen LogP contribution >= 0.6 is 7.60 Å². The van der Waals surface area contributed by atoms with Gasteiger partial charge in [0.05, 0.1) is 70.4 Å². The van der Waals surface area contributed by atoms with Crippen molar-refractivity contribution in [3.05, 3.63) is 98.8 Å². The summed E-state index contributed by atoms with van der Waals surface area (Å²) in [7, 11) is -5.20. The fraction of sp³-hybridized carbons (Fsp3) is 0.731. The number of carbonyl (C=O) groups excluding carboxylic acids is 3. The molecule has 2 aliphatic rings. The van der Waals surface area contributed by atoms with Crippen LogP contribution in [0.15, 0.2) is 70.9 Å². The number of nitrogens with one attached hydrogen (secondary N) is 2. The molecule has 2 saturated heterocycles. The van der Waals surface area contributed by atoms with Crippen molar-refractivity contribution in [3.63, 3.8) is 0 Å². The van der Waals surface area contributed by atoms with Gasteiger partial charge in [-0.1, -0.05) is 328 Å². The van der Waals surface area contributed by atoms with E-state index >= 15 is 4.57 Å². The van der Waals surface area contributed by atoms with Crippen molar-refractivity contribution in [1.82, 2.24) is 29.1 Å². The first-order chi connectivity index (χ1) is 58.5. The number of aryl methyl sites for hydroxylation is 1. The van der Waals surface area contributed by atoms with Crippen molar-refractivity contribution < 1.29 is 76.5 Å². The number of ether oxygens (including phenoxy) is 7. The van der Waals surface area contributed by atoms with Crippen LogP contribution in [0.2, 0.25) is 0 Å². The lowest BCUT2D eigenvalue weighted by atomic mass is 10.0. The summed E-state index contributed by atoms with van der Waals surface area (Å²) in [5, 5.41) is 45.6. The number of hydrogen-bond donors (Lipinski definition) is 5. The van der Waals surface area contributed by atoms with Crippen molar-refractivity contribution >= 4 is 42.4 Å². The molecule has 0 radical (unpaired) electrons. The van der Waals surface area contributed by atoms with E-state index in [1.165, 1.54) is 255 Å². The van der Waals surface area contributed by atoms with Crippen LogP contribution in [0.5, 0.6) is 17.2 Å². The molecule has 2 aliphatic heterocycles. The number of aliphatic hydroxyl groups excluding tert-OH is 1. The van der Waals surface area contributed by atoms with Gasteiger partial charge < -0.3 is 62.8 Å². The highest BCUT2D eigenvalue weighted by molar-refractivity contribution is 7.55. The Morgan fingerprint density at radius 3 is 1.47 bits per heavy atom. The number of aromatic nitrogens is 6. The van der Waals surface area contributed by atoms with Gasteiger partial charge in [0.25, 0.3) is 11.5 Å². The third-order valence-corrected chi connectivity index (χ3v) is 25.6. The third-order valence-electron chi connectivity index (χ3n) is 23.1. The Labute approximate surface area is 714 Å². The number of aliphatic hydroxyl groups is 3. The van der Waals surface area contributed by atoms with E-state index in [0.29, 0.717) is 42.6 Å². The highest BCUT2D eigenvalue weighted by Gasteiger charge is 2.63. The molecule has 0 spiro atoms. The van der Waals surface area contributed by atoms with Crippen molar-refractivity contribution in [1.29, 1.82) is 5.26 Å². The Morgan fingerprint density at radius 2 is 1.01 bits per heavy atom. The van der Waals surface area contributed by atoms with Crippen molar-refractivity contribution in [2.24, 2.45) is 0 Å². The average Bonchev–Trinajstić information content (AvgIpc) is 1.57. The first-order valence-corrected chi connectivity index (χ1v) is 48.0.